The molecule has 0 radical (unpaired) electrons. The Bertz CT molecular complexity index is 242. The van der Waals surface area contributed by atoms with Crippen molar-refractivity contribution >= 4 is 0 Å². The Kier molecular flexibility index (Phi) is 2.93. The molecule has 0 spiro atoms. The SMILES string of the molecule is CCC(C)C(N)c1coc(C)c1. The highest BCUT2D eigenvalue weighted by Gasteiger charge is 2.14. The Morgan fingerprint density at radius 2 is 2.25 bits per heavy atom. The zero-order chi connectivity index (χ0) is 9.14. The third-order valence-corrected chi connectivity index (χ3v) is 2.39. The molecule has 2 unspecified atom stereocenters. The Morgan fingerprint density at radius 1 is 1.58 bits per heavy atom. The Labute approximate surface area is 73.8 Å². The first-order valence-electron chi connectivity index (χ1n) is 4.45. The summed E-state index contributed by atoms with van der Waals surface area (Å²) in [4.78, 5) is 0. The second-order valence-corrected chi connectivity index (χ2v) is 3.40. The predicted molar refractivity (Wildman–Crippen MR) is 49.8 cm³/mol. The number of rotatable bonds is 3. The maximum Gasteiger partial charge on any atom is 0.101 e. The van der Waals surface area contributed by atoms with Gasteiger partial charge in [0.25, 0.3) is 0 Å². The molecule has 2 atom stereocenters. The topological polar surface area (TPSA) is 39.2 Å². The molecule has 1 rings (SSSR count). The Balaban J connectivity index is 2.70. The van der Waals surface area contributed by atoms with Crippen molar-refractivity contribution in [2.24, 2.45) is 11.7 Å². The van der Waals surface area contributed by atoms with E-state index in [1.54, 1.807) is 6.26 Å². The Morgan fingerprint density at radius 3 is 2.67 bits per heavy atom. The minimum absolute atomic E-state index is 0.118. The van der Waals surface area contributed by atoms with Gasteiger partial charge in [-0.15, -0.1) is 0 Å². The molecule has 2 nitrogen and oxygen atoms in total. The smallest absolute Gasteiger partial charge is 0.101 e. The molecule has 12 heavy (non-hydrogen) atoms. The molecule has 0 fully saturated rings. The zero-order valence-corrected chi connectivity index (χ0v) is 8.00. The van der Waals surface area contributed by atoms with Crippen LogP contribution in [0, 0.1) is 12.8 Å². The lowest BCUT2D eigenvalue weighted by Crippen LogP contribution is -2.17. The third-order valence-electron chi connectivity index (χ3n) is 2.39. The molecule has 0 aliphatic heterocycles. The normalized spacial score (nSPS) is 16.0. The molecule has 2 heteroatoms. The fourth-order valence-electron chi connectivity index (χ4n) is 1.22. The number of aryl methyl sites for hydroxylation is 1. The van der Waals surface area contributed by atoms with Gasteiger partial charge >= 0.3 is 0 Å². The van der Waals surface area contributed by atoms with Crippen LogP contribution in [0.4, 0.5) is 0 Å². The van der Waals surface area contributed by atoms with E-state index in [4.69, 9.17) is 10.2 Å². The van der Waals surface area contributed by atoms with Crippen molar-refractivity contribution in [1.82, 2.24) is 0 Å². The molecule has 2 N–H and O–H groups in total. The average Bonchev–Trinajstić information content (AvgIpc) is 2.49. The summed E-state index contributed by atoms with van der Waals surface area (Å²) in [5.41, 5.74) is 7.12. The summed E-state index contributed by atoms with van der Waals surface area (Å²) in [5.74, 6) is 1.45. The van der Waals surface area contributed by atoms with Crippen molar-refractivity contribution in [3.8, 4) is 0 Å². The Hall–Kier alpha value is -0.760. The molecule has 0 saturated heterocycles. The average molecular weight is 167 g/mol. The van der Waals surface area contributed by atoms with E-state index in [1.165, 1.54) is 0 Å². The highest BCUT2D eigenvalue weighted by molar-refractivity contribution is 5.16. The molecule has 1 aromatic heterocycles. The van der Waals surface area contributed by atoms with Gasteiger partial charge in [-0.1, -0.05) is 20.3 Å². The highest BCUT2D eigenvalue weighted by atomic mass is 16.3. The van der Waals surface area contributed by atoms with Crippen molar-refractivity contribution < 1.29 is 4.42 Å². The molecule has 0 aliphatic carbocycles. The van der Waals surface area contributed by atoms with Gasteiger partial charge in [0.1, 0.15) is 5.76 Å². The van der Waals surface area contributed by atoms with Crippen LogP contribution in [0.25, 0.3) is 0 Å². The number of furan rings is 1. The zero-order valence-electron chi connectivity index (χ0n) is 8.00. The summed E-state index contributed by atoms with van der Waals surface area (Å²) in [6.45, 7) is 6.25. The minimum atomic E-state index is 0.118. The largest absolute Gasteiger partial charge is 0.469 e. The van der Waals surface area contributed by atoms with Crippen LogP contribution in [0.2, 0.25) is 0 Å². The summed E-state index contributed by atoms with van der Waals surface area (Å²) in [5, 5.41) is 0. The van der Waals surface area contributed by atoms with E-state index in [-0.39, 0.29) is 6.04 Å². The quantitative estimate of drug-likeness (QED) is 0.751. The molecular weight excluding hydrogens is 150 g/mol. The minimum Gasteiger partial charge on any atom is -0.469 e. The second kappa shape index (κ2) is 3.76. The number of hydrogen-bond acceptors (Lipinski definition) is 2. The van der Waals surface area contributed by atoms with Crippen LogP contribution in [-0.4, -0.2) is 0 Å². The maximum absolute atomic E-state index is 6.00. The molecule has 0 amide bonds. The van der Waals surface area contributed by atoms with Gasteiger partial charge in [-0.25, -0.2) is 0 Å². The van der Waals surface area contributed by atoms with E-state index in [1.807, 2.05) is 13.0 Å². The van der Waals surface area contributed by atoms with Crippen molar-refractivity contribution in [3.05, 3.63) is 23.7 Å². The fraction of sp³-hybridized carbons (Fsp3) is 0.600. The summed E-state index contributed by atoms with van der Waals surface area (Å²) < 4.78 is 5.20. The van der Waals surface area contributed by atoms with Gasteiger partial charge in [-0.3, -0.25) is 0 Å². The van der Waals surface area contributed by atoms with Gasteiger partial charge < -0.3 is 10.2 Å². The van der Waals surface area contributed by atoms with Crippen molar-refractivity contribution in [3.63, 3.8) is 0 Å². The van der Waals surface area contributed by atoms with E-state index in [0.717, 1.165) is 17.7 Å². The predicted octanol–water partition coefficient (Wildman–Crippen LogP) is 2.63. The van der Waals surface area contributed by atoms with E-state index >= 15 is 0 Å². The van der Waals surface area contributed by atoms with Crippen LogP contribution < -0.4 is 5.73 Å². The number of hydrogen-bond donors (Lipinski definition) is 1. The van der Waals surface area contributed by atoms with Gasteiger partial charge in [0.2, 0.25) is 0 Å². The lowest BCUT2D eigenvalue weighted by Gasteiger charge is -2.15. The van der Waals surface area contributed by atoms with Crippen molar-refractivity contribution in [2.75, 3.05) is 0 Å². The van der Waals surface area contributed by atoms with Crippen molar-refractivity contribution in [1.29, 1.82) is 0 Å². The second-order valence-electron chi connectivity index (χ2n) is 3.40. The molecule has 0 aromatic carbocycles. The summed E-state index contributed by atoms with van der Waals surface area (Å²) in [7, 11) is 0. The van der Waals surface area contributed by atoms with E-state index in [9.17, 15) is 0 Å². The highest BCUT2D eigenvalue weighted by Crippen LogP contribution is 2.23. The van der Waals surface area contributed by atoms with Crippen molar-refractivity contribution in [2.45, 2.75) is 33.2 Å². The standard InChI is InChI=1S/C10H17NO/c1-4-7(2)10(11)9-5-8(3)12-6-9/h5-7,10H,4,11H2,1-3H3. The molecule has 0 saturated carbocycles. The van der Waals surface area contributed by atoms with Gasteiger partial charge in [0.05, 0.1) is 6.26 Å². The monoisotopic (exact) mass is 167 g/mol. The molecule has 68 valence electrons. The lowest BCUT2D eigenvalue weighted by atomic mass is 9.95. The van der Waals surface area contributed by atoms with Crippen LogP contribution in [0.1, 0.15) is 37.6 Å². The van der Waals surface area contributed by atoms with Crippen LogP contribution in [0.5, 0.6) is 0 Å². The number of nitrogens with two attached hydrogens (primary N) is 1. The maximum atomic E-state index is 6.00. The molecule has 0 aliphatic rings. The van der Waals surface area contributed by atoms with E-state index < -0.39 is 0 Å². The lowest BCUT2D eigenvalue weighted by molar-refractivity contribution is 0.450. The first kappa shape index (κ1) is 9.33. The van der Waals surface area contributed by atoms with Crippen LogP contribution >= 0.6 is 0 Å². The van der Waals surface area contributed by atoms with Gasteiger partial charge in [0.15, 0.2) is 0 Å². The molecule has 0 bridgehead atoms. The first-order valence-corrected chi connectivity index (χ1v) is 4.45. The third kappa shape index (κ3) is 1.89. The van der Waals surface area contributed by atoms with E-state index in [2.05, 4.69) is 13.8 Å². The van der Waals surface area contributed by atoms with Gasteiger partial charge in [-0.2, -0.15) is 0 Å². The fourth-order valence-corrected chi connectivity index (χ4v) is 1.22. The van der Waals surface area contributed by atoms with E-state index in [0.29, 0.717) is 5.92 Å². The van der Waals surface area contributed by atoms with Gasteiger partial charge in [0, 0.05) is 11.6 Å². The molecule has 1 heterocycles. The first-order chi connectivity index (χ1) is 5.65. The summed E-state index contributed by atoms with van der Waals surface area (Å²) in [6.07, 6.45) is 2.86. The summed E-state index contributed by atoms with van der Waals surface area (Å²) >= 11 is 0. The van der Waals surface area contributed by atoms with Gasteiger partial charge in [-0.05, 0) is 18.9 Å². The van der Waals surface area contributed by atoms with Crippen LogP contribution in [0.15, 0.2) is 16.7 Å². The molecular formula is C10H17NO. The molecule has 1 aromatic rings. The van der Waals surface area contributed by atoms with Crippen LogP contribution in [-0.2, 0) is 0 Å². The van der Waals surface area contributed by atoms with Crippen LogP contribution in [0.3, 0.4) is 0 Å². The summed E-state index contributed by atoms with van der Waals surface area (Å²) in [6, 6.07) is 2.13.